The van der Waals surface area contributed by atoms with Crippen molar-refractivity contribution in [2.24, 2.45) is 0 Å². The van der Waals surface area contributed by atoms with Crippen molar-refractivity contribution in [3.8, 4) is 67.3 Å². The maximum absolute atomic E-state index is 6.36. The van der Waals surface area contributed by atoms with E-state index in [4.69, 9.17) is 18.8 Å². The van der Waals surface area contributed by atoms with E-state index < -0.39 is 0 Å². The molecule has 0 amide bonds. The monoisotopic (exact) mass is 716 g/mol. The number of furan rings is 2. The second-order valence-corrected chi connectivity index (χ2v) is 14.2. The molecule has 11 aromatic rings. The zero-order valence-corrected chi connectivity index (χ0v) is 30.2. The first-order valence-electron chi connectivity index (χ1n) is 18.8. The molecule has 0 radical (unpaired) electrons. The highest BCUT2D eigenvalue weighted by atomic mass is 16.3. The van der Waals surface area contributed by atoms with Crippen molar-refractivity contribution < 1.29 is 8.83 Å². The van der Waals surface area contributed by atoms with Crippen LogP contribution in [-0.4, -0.2) is 9.97 Å². The number of hydrogen-bond acceptors (Lipinski definition) is 4. The molecule has 4 heteroatoms. The Morgan fingerprint density at radius 2 is 0.661 bits per heavy atom. The van der Waals surface area contributed by atoms with E-state index in [9.17, 15) is 0 Å². The summed E-state index contributed by atoms with van der Waals surface area (Å²) in [5.41, 5.74) is 14.7. The quantitative estimate of drug-likeness (QED) is 0.172. The third kappa shape index (κ3) is 5.64. The van der Waals surface area contributed by atoms with Crippen LogP contribution in [0.15, 0.2) is 203 Å². The number of fused-ring (bicyclic) bond motifs is 6. The minimum atomic E-state index is 0.681. The van der Waals surface area contributed by atoms with Crippen LogP contribution in [0.5, 0.6) is 0 Å². The molecule has 0 saturated carbocycles. The van der Waals surface area contributed by atoms with Gasteiger partial charge in [-0.05, 0) is 100 Å². The zero-order chi connectivity index (χ0) is 37.0. The van der Waals surface area contributed by atoms with E-state index in [0.29, 0.717) is 5.82 Å². The first-order valence-corrected chi connectivity index (χ1v) is 18.8. The fraction of sp³-hybridized carbons (Fsp3) is 0. The number of nitrogens with zero attached hydrogens (tertiary/aromatic N) is 2. The summed E-state index contributed by atoms with van der Waals surface area (Å²) in [7, 11) is 0. The highest BCUT2D eigenvalue weighted by Gasteiger charge is 2.16. The molecule has 0 aliphatic rings. The van der Waals surface area contributed by atoms with Crippen LogP contribution in [0.2, 0.25) is 0 Å². The molecule has 262 valence electrons. The lowest BCUT2D eigenvalue weighted by Crippen LogP contribution is -1.96. The van der Waals surface area contributed by atoms with Gasteiger partial charge in [0.2, 0.25) is 0 Å². The molecule has 0 unspecified atom stereocenters. The molecule has 0 bridgehead atoms. The first-order chi connectivity index (χ1) is 27.7. The summed E-state index contributed by atoms with van der Waals surface area (Å²) in [6.45, 7) is 0. The Hall–Kier alpha value is -7.56. The molecule has 56 heavy (non-hydrogen) atoms. The summed E-state index contributed by atoms with van der Waals surface area (Å²) in [5.74, 6) is 0.681. The molecule has 0 N–H and O–H groups in total. The number of aromatic nitrogens is 2. The molecule has 0 aliphatic carbocycles. The molecular weight excluding hydrogens is 685 g/mol. The summed E-state index contributed by atoms with van der Waals surface area (Å²) >= 11 is 0. The molecule has 4 nitrogen and oxygen atoms in total. The van der Waals surface area contributed by atoms with Gasteiger partial charge in [0.1, 0.15) is 22.3 Å². The second-order valence-electron chi connectivity index (χ2n) is 14.2. The average Bonchev–Trinajstić information content (AvgIpc) is 3.84. The number of para-hydroxylation sites is 2. The summed E-state index contributed by atoms with van der Waals surface area (Å²) in [6, 6.07) is 67.5. The lowest BCUT2D eigenvalue weighted by atomic mass is 9.92. The molecule has 8 aromatic carbocycles. The SMILES string of the molecule is c1ccc(-c2cc(-c3cc(-c4cccc(-c5ccc6c(c5)oc5ccccc56)c4)cc(-c4ccc5c(c4)oc4ccccc45)c3)nc(-c3ccccc3)n2)cc1. The van der Waals surface area contributed by atoms with Crippen LogP contribution >= 0.6 is 0 Å². The molecule has 3 heterocycles. The fourth-order valence-electron chi connectivity index (χ4n) is 7.87. The minimum absolute atomic E-state index is 0.681. The van der Waals surface area contributed by atoms with Gasteiger partial charge in [0.05, 0.1) is 11.4 Å². The third-order valence-electron chi connectivity index (χ3n) is 10.7. The Kier molecular flexibility index (Phi) is 7.46. The maximum atomic E-state index is 6.36. The van der Waals surface area contributed by atoms with E-state index in [1.165, 1.54) is 0 Å². The molecular formula is C52H32N2O2. The standard InChI is InChI=1S/C52H32N2O2/c1-3-12-33(13-4-1)46-32-47(54-52(53-46)34-14-5-2-6-15-34)41-28-39(27-40(29-41)38-23-25-45-43-19-8-10-21-49(43)56-51(45)31-38)36-17-11-16-35(26-36)37-22-24-44-42-18-7-9-20-48(42)55-50(44)30-37/h1-32H. The van der Waals surface area contributed by atoms with Gasteiger partial charge >= 0.3 is 0 Å². The Morgan fingerprint density at radius 1 is 0.250 bits per heavy atom. The lowest BCUT2D eigenvalue weighted by molar-refractivity contribution is 0.668. The van der Waals surface area contributed by atoms with E-state index >= 15 is 0 Å². The van der Waals surface area contributed by atoms with Gasteiger partial charge in [0.15, 0.2) is 5.82 Å². The van der Waals surface area contributed by atoms with E-state index in [-0.39, 0.29) is 0 Å². The number of rotatable bonds is 6. The topological polar surface area (TPSA) is 52.1 Å². The third-order valence-corrected chi connectivity index (χ3v) is 10.7. The summed E-state index contributed by atoms with van der Waals surface area (Å²) < 4.78 is 12.6. The first kappa shape index (κ1) is 31.9. The predicted octanol–water partition coefficient (Wildman–Crippen LogP) is 14.3. The number of hydrogen-bond donors (Lipinski definition) is 0. The Balaban J connectivity index is 1.09. The van der Waals surface area contributed by atoms with Gasteiger partial charge in [-0.2, -0.15) is 0 Å². The van der Waals surface area contributed by atoms with Crippen molar-refractivity contribution in [2.75, 3.05) is 0 Å². The largest absolute Gasteiger partial charge is 0.456 e. The predicted molar refractivity (Wildman–Crippen MR) is 229 cm³/mol. The van der Waals surface area contributed by atoms with Crippen molar-refractivity contribution >= 4 is 43.9 Å². The average molecular weight is 717 g/mol. The van der Waals surface area contributed by atoms with Crippen molar-refractivity contribution in [1.29, 1.82) is 0 Å². The van der Waals surface area contributed by atoms with Crippen molar-refractivity contribution in [1.82, 2.24) is 9.97 Å². The van der Waals surface area contributed by atoms with Crippen LogP contribution in [0.3, 0.4) is 0 Å². The van der Waals surface area contributed by atoms with Crippen molar-refractivity contribution in [3.63, 3.8) is 0 Å². The molecule has 3 aromatic heterocycles. The molecule has 0 saturated heterocycles. The highest BCUT2D eigenvalue weighted by Crippen LogP contribution is 2.39. The fourth-order valence-corrected chi connectivity index (χ4v) is 7.87. The molecule has 0 aliphatic heterocycles. The van der Waals surface area contributed by atoms with Gasteiger partial charge in [0.25, 0.3) is 0 Å². The molecule has 0 fully saturated rings. The normalized spacial score (nSPS) is 11.6. The molecule has 0 atom stereocenters. The highest BCUT2D eigenvalue weighted by molar-refractivity contribution is 6.07. The Morgan fingerprint density at radius 3 is 1.27 bits per heavy atom. The summed E-state index contributed by atoms with van der Waals surface area (Å²) in [4.78, 5) is 10.3. The maximum Gasteiger partial charge on any atom is 0.160 e. The van der Waals surface area contributed by atoms with Crippen molar-refractivity contribution in [2.45, 2.75) is 0 Å². The number of benzene rings is 8. The van der Waals surface area contributed by atoms with E-state index in [1.807, 2.05) is 60.7 Å². The Bertz CT molecular complexity index is 3190. The van der Waals surface area contributed by atoms with E-state index in [0.717, 1.165) is 105 Å². The van der Waals surface area contributed by atoms with Crippen LogP contribution in [0.1, 0.15) is 0 Å². The van der Waals surface area contributed by atoms with Crippen LogP contribution in [0.25, 0.3) is 111 Å². The van der Waals surface area contributed by atoms with Gasteiger partial charge in [-0.15, -0.1) is 0 Å². The van der Waals surface area contributed by atoms with Crippen LogP contribution in [0, 0.1) is 0 Å². The van der Waals surface area contributed by atoms with Gasteiger partial charge in [-0.3, -0.25) is 0 Å². The smallest absolute Gasteiger partial charge is 0.160 e. The van der Waals surface area contributed by atoms with Gasteiger partial charge in [-0.25, -0.2) is 9.97 Å². The van der Waals surface area contributed by atoms with Gasteiger partial charge < -0.3 is 8.83 Å². The van der Waals surface area contributed by atoms with Crippen LogP contribution in [0.4, 0.5) is 0 Å². The Labute approximate surface area is 323 Å². The lowest BCUT2D eigenvalue weighted by Gasteiger charge is -2.14. The molecule has 0 spiro atoms. The zero-order valence-electron chi connectivity index (χ0n) is 30.2. The minimum Gasteiger partial charge on any atom is -0.456 e. The van der Waals surface area contributed by atoms with Crippen LogP contribution < -0.4 is 0 Å². The van der Waals surface area contributed by atoms with E-state index in [2.05, 4.69) is 133 Å². The van der Waals surface area contributed by atoms with Gasteiger partial charge in [0, 0.05) is 38.2 Å². The van der Waals surface area contributed by atoms with Crippen LogP contribution in [-0.2, 0) is 0 Å². The molecule has 11 rings (SSSR count). The summed E-state index contributed by atoms with van der Waals surface area (Å²) in [6.07, 6.45) is 0. The van der Waals surface area contributed by atoms with Crippen molar-refractivity contribution in [3.05, 3.63) is 194 Å². The second kappa shape index (κ2) is 13.1. The van der Waals surface area contributed by atoms with Gasteiger partial charge in [-0.1, -0.05) is 127 Å². The van der Waals surface area contributed by atoms with E-state index in [1.54, 1.807) is 0 Å². The summed E-state index contributed by atoms with van der Waals surface area (Å²) in [5, 5.41) is 4.46.